The predicted molar refractivity (Wildman–Crippen MR) is 76.4 cm³/mol. The number of carboxylic acid groups (broad SMARTS) is 1. The largest absolute Gasteiger partial charge is 0.481 e. The highest BCUT2D eigenvalue weighted by atomic mass is 16.5. The van der Waals surface area contributed by atoms with Crippen LogP contribution in [0.4, 0.5) is 0 Å². The average molecular weight is 271 g/mol. The summed E-state index contributed by atoms with van der Waals surface area (Å²) in [6.45, 7) is 11.6. The third-order valence-corrected chi connectivity index (χ3v) is 3.94. The summed E-state index contributed by atoms with van der Waals surface area (Å²) in [6.07, 6.45) is 3.28. The van der Waals surface area contributed by atoms with Crippen LogP contribution in [0, 0.1) is 5.41 Å². The predicted octanol–water partition coefficient (Wildman–Crippen LogP) is 2.77. The van der Waals surface area contributed by atoms with Crippen LogP contribution in [0.25, 0.3) is 0 Å². The maximum Gasteiger partial charge on any atom is 0.309 e. The minimum absolute atomic E-state index is 0.0944. The van der Waals surface area contributed by atoms with Gasteiger partial charge in [0.2, 0.25) is 0 Å². The van der Waals surface area contributed by atoms with Crippen LogP contribution in [0.15, 0.2) is 0 Å². The minimum Gasteiger partial charge on any atom is -0.481 e. The second-order valence-electron chi connectivity index (χ2n) is 6.64. The van der Waals surface area contributed by atoms with Crippen molar-refractivity contribution in [3.05, 3.63) is 0 Å². The van der Waals surface area contributed by atoms with Gasteiger partial charge in [-0.1, -0.05) is 13.3 Å². The van der Waals surface area contributed by atoms with Crippen LogP contribution in [-0.2, 0) is 9.53 Å². The van der Waals surface area contributed by atoms with Gasteiger partial charge in [0.05, 0.1) is 17.6 Å². The van der Waals surface area contributed by atoms with E-state index < -0.39 is 11.4 Å². The molecule has 1 saturated heterocycles. The normalized spacial score (nSPS) is 20.4. The first-order chi connectivity index (χ1) is 8.79. The van der Waals surface area contributed by atoms with Gasteiger partial charge in [-0.2, -0.15) is 0 Å². The van der Waals surface area contributed by atoms with Crippen molar-refractivity contribution in [2.24, 2.45) is 5.41 Å². The Kier molecular flexibility index (Phi) is 5.81. The third-order valence-electron chi connectivity index (χ3n) is 3.94. The second kappa shape index (κ2) is 6.71. The van der Waals surface area contributed by atoms with Crippen LogP contribution < -0.4 is 0 Å². The Morgan fingerprint density at radius 2 is 1.89 bits per heavy atom. The van der Waals surface area contributed by atoms with Gasteiger partial charge in [-0.15, -0.1) is 0 Å². The number of aliphatic carboxylic acids is 1. The molecule has 1 rings (SSSR count). The van der Waals surface area contributed by atoms with Crippen molar-refractivity contribution in [1.29, 1.82) is 0 Å². The Balaban J connectivity index is 2.37. The number of carbonyl (C=O) groups is 1. The lowest BCUT2D eigenvalue weighted by Gasteiger charge is -2.39. The van der Waals surface area contributed by atoms with Crippen LogP contribution >= 0.6 is 0 Å². The molecule has 0 bridgehead atoms. The highest BCUT2D eigenvalue weighted by Gasteiger charge is 2.40. The molecule has 0 radical (unpaired) electrons. The molecule has 0 atom stereocenters. The molecule has 0 unspecified atom stereocenters. The summed E-state index contributed by atoms with van der Waals surface area (Å²) in [5.74, 6) is -0.611. The molecule has 1 fully saturated rings. The first-order valence-electron chi connectivity index (χ1n) is 7.39. The van der Waals surface area contributed by atoms with Gasteiger partial charge in [0.25, 0.3) is 0 Å². The SMILES string of the molecule is CCCC1(C(=O)O)CCN(CCOC(C)(C)C)CC1. The average Bonchev–Trinajstić information content (AvgIpc) is 2.30. The minimum atomic E-state index is -0.611. The number of likely N-dealkylation sites (tertiary alicyclic amines) is 1. The molecule has 0 aromatic carbocycles. The molecule has 19 heavy (non-hydrogen) atoms. The highest BCUT2D eigenvalue weighted by molar-refractivity contribution is 5.74. The molecular weight excluding hydrogens is 242 g/mol. The molecule has 4 nitrogen and oxygen atoms in total. The van der Waals surface area contributed by atoms with Crippen molar-refractivity contribution >= 4 is 5.97 Å². The maximum absolute atomic E-state index is 11.5. The van der Waals surface area contributed by atoms with Crippen molar-refractivity contribution in [2.75, 3.05) is 26.2 Å². The van der Waals surface area contributed by atoms with Gasteiger partial charge in [-0.05, 0) is 53.1 Å². The summed E-state index contributed by atoms with van der Waals surface area (Å²) in [4.78, 5) is 13.8. The third kappa shape index (κ3) is 5.11. The zero-order chi connectivity index (χ0) is 14.5. The number of carboxylic acids is 1. The molecule has 0 spiro atoms. The van der Waals surface area contributed by atoms with E-state index in [2.05, 4.69) is 32.6 Å². The summed E-state index contributed by atoms with van der Waals surface area (Å²) in [7, 11) is 0. The van der Waals surface area contributed by atoms with Crippen LogP contribution in [0.5, 0.6) is 0 Å². The zero-order valence-corrected chi connectivity index (χ0v) is 12.9. The van der Waals surface area contributed by atoms with E-state index in [-0.39, 0.29) is 5.60 Å². The summed E-state index contributed by atoms with van der Waals surface area (Å²) >= 11 is 0. The molecular formula is C15H29NO3. The Morgan fingerprint density at radius 1 is 1.32 bits per heavy atom. The second-order valence-corrected chi connectivity index (χ2v) is 6.64. The molecule has 1 heterocycles. The van der Waals surface area contributed by atoms with Crippen LogP contribution in [0.1, 0.15) is 53.4 Å². The van der Waals surface area contributed by atoms with Crippen LogP contribution in [-0.4, -0.2) is 47.8 Å². The number of ether oxygens (including phenoxy) is 1. The van der Waals surface area contributed by atoms with Crippen molar-refractivity contribution in [3.63, 3.8) is 0 Å². The van der Waals surface area contributed by atoms with Gasteiger partial charge < -0.3 is 14.7 Å². The molecule has 0 aliphatic carbocycles. The summed E-state index contributed by atoms with van der Waals surface area (Å²) in [5.41, 5.74) is -0.570. The van der Waals surface area contributed by atoms with Crippen molar-refractivity contribution in [2.45, 2.75) is 59.0 Å². The van der Waals surface area contributed by atoms with E-state index in [1.807, 2.05) is 0 Å². The van der Waals surface area contributed by atoms with Crippen LogP contribution in [0.2, 0.25) is 0 Å². The smallest absolute Gasteiger partial charge is 0.309 e. The van der Waals surface area contributed by atoms with E-state index in [0.29, 0.717) is 0 Å². The monoisotopic (exact) mass is 271 g/mol. The number of nitrogens with zero attached hydrogens (tertiary/aromatic N) is 1. The lowest BCUT2D eigenvalue weighted by molar-refractivity contribution is -0.152. The van der Waals surface area contributed by atoms with E-state index in [1.165, 1.54) is 0 Å². The van der Waals surface area contributed by atoms with Gasteiger partial charge in [-0.3, -0.25) is 4.79 Å². The Hall–Kier alpha value is -0.610. The molecule has 1 aliphatic heterocycles. The Morgan fingerprint density at radius 3 is 2.32 bits per heavy atom. The van der Waals surface area contributed by atoms with E-state index >= 15 is 0 Å². The summed E-state index contributed by atoms with van der Waals surface area (Å²) in [6, 6.07) is 0. The molecule has 1 aliphatic rings. The standard InChI is InChI=1S/C15H29NO3/c1-5-6-15(13(17)18)7-9-16(10-8-15)11-12-19-14(2,3)4/h5-12H2,1-4H3,(H,17,18). The fourth-order valence-electron chi connectivity index (χ4n) is 2.73. The molecule has 0 aromatic heterocycles. The first kappa shape index (κ1) is 16.4. The number of hydrogen-bond acceptors (Lipinski definition) is 3. The zero-order valence-electron chi connectivity index (χ0n) is 12.9. The topological polar surface area (TPSA) is 49.8 Å². The van der Waals surface area contributed by atoms with E-state index in [9.17, 15) is 9.90 Å². The number of rotatable bonds is 6. The molecule has 0 aromatic rings. The fraction of sp³-hybridized carbons (Fsp3) is 0.933. The number of piperidine rings is 1. The summed E-state index contributed by atoms with van der Waals surface area (Å²) < 4.78 is 5.72. The molecule has 112 valence electrons. The van der Waals surface area contributed by atoms with Crippen molar-refractivity contribution < 1.29 is 14.6 Å². The van der Waals surface area contributed by atoms with Crippen LogP contribution in [0.3, 0.4) is 0 Å². The van der Waals surface area contributed by atoms with Crippen molar-refractivity contribution in [1.82, 2.24) is 4.90 Å². The van der Waals surface area contributed by atoms with Gasteiger partial charge in [0.15, 0.2) is 0 Å². The van der Waals surface area contributed by atoms with Gasteiger partial charge >= 0.3 is 5.97 Å². The lowest BCUT2D eigenvalue weighted by Crippen LogP contribution is -2.45. The first-order valence-corrected chi connectivity index (χ1v) is 7.39. The molecule has 1 N–H and O–H groups in total. The van der Waals surface area contributed by atoms with E-state index in [4.69, 9.17) is 4.74 Å². The highest BCUT2D eigenvalue weighted by Crippen LogP contribution is 2.36. The van der Waals surface area contributed by atoms with Crippen molar-refractivity contribution in [3.8, 4) is 0 Å². The quantitative estimate of drug-likeness (QED) is 0.807. The van der Waals surface area contributed by atoms with E-state index in [1.54, 1.807) is 0 Å². The molecule has 4 heteroatoms. The molecule has 0 saturated carbocycles. The summed E-state index contributed by atoms with van der Waals surface area (Å²) in [5, 5.41) is 9.45. The maximum atomic E-state index is 11.5. The Labute approximate surface area is 117 Å². The lowest BCUT2D eigenvalue weighted by atomic mass is 9.75. The number of hydrogen-bond donors (Lipinski definition) is 1. The van der Waals surface area contributed by atoms with Gasteiger partial charge in [0, 0.05) is 6.54 Å². The van der Waals surface area contributed by atoms with E-state index in [0.717, 1.165) is 51.9 Å². The molecule has 0 amide bonds. The fourth-order valence-corrected chi connectivity index (χ4v) is 2.73. The van der Waals surface area contributed by atoms with Gasteiger partial charge in [0.1, 0.15) is 0 Å². The van der Waals surface area contributed by atoms with Gasteiger partial charge in [-0.25, -0.2) is 0 Å². The Bertz CT molecular complexity index is 288.